The van der Waals surface area contributed by atoms with Gasteiger partial charge in [-0.25, -0.2) is 0 Å². The maximum Gasteiger partial charge on any atom is 0.269 e. The van der Waals surface area contributed by atoms with Crippen LogP contribution in [0, 0.1) is 10.1 Å². The summed E-state index contributed by atoms with van der Waals surface area (Å²) in [5.74, 6) is -0.0819. The molecule has 0 aliphatic carbocycles. The molecule has 22 heavy (non-hydrogen) atoms. The molecule has 120 valence electrons. The predicted molar refractivity (Wildman–Crippen MR) is 83.7 cm³/mol. The zero-order valence-corrected chi connectivity index (χ0v) is 13.0. The van der Waals surface area contributed by atoms with Gasteiger partial charge in [-0.2, -0.15) is 0 Å². The summed E-state index contributed by atoms with van der Waals surface area (Å²) >= 11 is 0. The molecule has 2 N–H and O–H groups in total. The third-order valence-electron chi connectivity index (χ3n) is 3.62. The van der Waals surface area contributed by atoms with E-state index in [4.69, 9.17) is 5.73 Å². The van der Waals surface area contributed by atoms with Crippen LogP contribution in [-0.4, -0.2) is 58.9 Å². The summed E-state index contributed by atoms with van der Waals surface area (Å²) in [6.07, 6.45) is 0. The highest BCUT2D eigenvalue weighted by atomic mass is 16.6. The van der Waals surface area contributed by atoms with E-state index in [0.717, 1.165) is 19.6 Å². The lowest BCUT2D eigenvalue weighted by atomic mass is 10.1. The van der Waals surface area contributed by atoms with Crippen molar-refractivity contribution in [2.45, 2.75) is 19.4 Å². The topological polar surface area (TPSA) is 92.7 Å². The van der Waals surface area contributed by atoms with Crippen LogP contribution < -0.4 is 5.73 Å². The molecule has 0 bridgehead atoms. The lowest BCUT2D eigenvalue weighted by Gasteiger charge is -2.37. The van der Waals surface area contributed by atoms with E-state index in [2.05, 4.69) is 4.90 Å². The second kappa shape index (κ2) is 6.41. The molecule has 1 saturated heterocycles. The minimum Gasteiger partial charge on any atom is -0.336 e. The zero-order chi connectivity index (χ0) is 16.3. The molecule has 7 nitrogen and oxygen atoms in total. The second-order valence-corrected chi connectivity index (χ2v) is 6.36. The molecule has 1 aliphatic rings. The van der Waals surface area contributed by atoms with Crippen molar-refractivity contribution in [1.82, 2.24) is 9.80 Å². The molecule has 1 amide bonds. The molecule has 1 aromatic carbocycles. The number of nitro benzene ring substituents is 1. The number of rotatable bonds is 4. The molecule has 0 atom stereocenters. The molecule has 1 aliphatic heterocycles. The van der Waals surface area contributed by atoms with Crippen LogP contribution in [0.1, 0.15) is 24.2 Å². The first-order chi connectivity index (χ1) is 10.3. The first-order valence-corrected chi connectivity index (χ1v) is 7.31. The van der Waals surface area contributed by atoms with Crippen LogP contribution in [0.25, 0.3) is 0 Å². The number of piperazine rings is 1. The van der Waals surface area contributed by atoms with E-state index >= 15 is 0 Å². The van der Waals surface area contributed by atoms with Gasteiger partial charge in [-0.15, -0.1) is 0 Å². The van der Waals surface area contributed by atoms with Crippen molar-refractivity contribution < 1.29 is 9.72 Å². The molecule has 1 heterocycles. The van der Waals surface area contributed by atoms with Crippen LogP contribution in [0.3, 0.4) is 0 Å². The summed E-state index contributed by atoms with van der Waals surface area (Å²) in [4.78, 5) is 26.6. The molecule has 0 aromatic heterocycles. The molecule has 1 aromatic rings. The summed E-state index contributed by atoms with van der Waals surface area (Å²) in [6, 6.07) is 5.74. The van der Waals surface area contributed by atoms with Crippen LogP contribution in [-0.2, 0) is 0 Å². The van der Waals surface area contributed by atoms with Crippen molar-refractivity contribution in [3.63, 3.8) is 0 Å². The van der Waals surface area contributed by atoms with E-state index in [0.29, 0.717) is 18.7 Å². The monoisotopic (exact) mass is 306 g/mol. The minimum absolute atomic E-state index is 0.00783. The van der Waals surface area contributed by atoms with Gasteiger partial charge >= 0.3 is 0 Å². The average Bonchev–Trinajstić information content (AvgIpc) is 2.46. The Morgan fingerprint density at radius 3 is 2.23 bits per heavy atom. The van der Waals surface area contributed by atoms with Gasteiger partial charge in [0.2, 0.25) is 0 Å². The standard InChI is InChI=1S/C15H22N4O3/c1-15(2,16)11-17-7-9-18(10-8-17)14(20)12-3-5-13(6-4-12)19(21)22/h3-6H,7-11,16H2,1-2H3. The molecule has 1 fully saturated rings. The average molecular weight is 306 g/mol. The summed E-state index contributed by atoms with van der Waals surface area (Å²) in [5.41, 5.74) is 6.24. The Balaban J connectivity index is 1.93. The largest absolute Gasteiger partial charge is 0.336 e. The van der Waals surface area contributed by atoms with Gasteiger partial charge in [0.25, 0.3) is 11.6 Å². The fourth-order valence-corrected chi connectivity index (χ4v) is 2.59. The van der Waals surface area contributed by atoms with Crippen molar-refractivity contribution in [2.75, 3.05) is 32.7 Å². The van der Waals surface area contributed by atoms with Gasteiger partial charge in [0.05, 0.1) is 4.92 Å². The number of non-ortho nitro benzene ring substituents is 1. The molecule has 0 unspecified atom stereocenters. The maximum atomic E-state index is 12.4. The van der Waals surface area contributed by atoms with Crippen LogP contribution >= 0.6 is 0 Å². The fraction of sp³-hybridized carbons (Fsp3) is 0.533. The number of hydrogen-bond donors (Lipinski definition) is 1. The number of carbonyl (C=O) groups is 1. The summed E-state index contributed by atoms with van der Waals surface area (Å²) in [6.45, 7) is 7.64. The smallest absolute Gasteiger partial charge is 0.269 e. The molecule has 7 heteroatoms. The Labute approximate surface area is 129 Å². The summed E-state index contributed by atoms with van der Waals surface area (Å²) in [7, 11) is 0. The fourth-order valence-electron chi connectivity index (χ4n) is 2.59. The number of benzene rings is 1. The molecule has 2 rings (SSSR count). The number of nitro groups is 1. The van der Waals surface area contributed by atoms with Gasteiger partial charge in [-0.05, 0) is 26.0 Å². The second-order valence-electron chi connectivity index (χ2n) is 6.36. The van der Waals surface area contributed by atoms with Crippen molar-refractivity contribution in [3.8, 4) is 0 Å². The van der Waals surface area contributed by atoms with E-state index in [-0.39, 0.29) is 17.1 Å². The molecular weight excluding hydrogens is 284 g/mol. The third-order valence-corrected chi connectivity index (χ3v) is 3.62. The van der Waals surface area contributed by atoms with Gasteiger partial charge in [-0.3, -0.25) is 19.8 Å². The van der Waals surface area contributed by atoms with Gasteiger partial charge in [0, 0.05) is 56.0 Å². The van der Waals surface area contributed by atoms with Gasteiger partial charge in [-0.1, -0.05) is 0 Å². The lowest BCUT2D eigenvalue weighted by molar-refractivity contribution is -0.384. The van der Waals surface area contributed by atoms with E-state index in [1.165, 1.54) is 24.3 Å². The zero-order valence-electron chi connectivity index (χ0n) is 13.0. The lowest BCUT2D eigenvalue weighted by Crippen LogP contribution is -2.54. The number of hydrogen-bond acceptors (Lipinski definition) is 5. The van der Waals surface area contributed by atoms with Gasteiger partial charge in [0.15, 0.2) is 0 Å². The highest BCUT2D eigenvalue weighted by Crippen LogP contribution is 2.15. The van der Waals surface area contributed by atoms with Crippen molar-refractivity contribution >= 4 is 11.6 Å². The molecule has 0 spiro atoms. The molecular formula is C15H22N4O3. The number of amides is 1. The summed E-state index contributed by atoms with van der Waals surface area (Å²) in [5, 5.41) is 10.6. The Bertz CT molecular complexity index is 543. The van der Waals surface area contributed by atoms with Gasteiger partial charge in [0.1, 0.15) is 0 Å². The Morgan fingerprint density at radius 2 is 1.77 bits per heavy atom. The minimum atomic E-state index is -0.471. The normalized spacial score (nSPS) is 16.6. The first kappa shape index (κ1) is 16.4. The highest BCUT2D eigenvalue weighted by molar-refractivity contribution is 5.94. The van der Waals surface area contributed by atoms with Crippen LogP contribution in [0.15, 0.2) is 24.3 Å². The van der Waals surface area contributed by atoms with E-state index < -0.39 is 4.92 Å². The van der Waals surface area contributed by atoms with Crippen LogP contribution in [0.5, 0.6) is 0 Å². The van der Waals surface area contributed by atoms with Crippen molar-refractivity contribution in [1.29, 1.82) is 0 Å². The number of nitrogens with zero attached hydrogens (tertiary/aromatic N) is 3. The molecule has 0 saturated carbocycles. The Morgan fingerprint density at radius 1 is 1.23 bits per heavy atom. The van der Waals surface area contributed by atoms with Crippen molar-refractivity contribution in [2.24, 2.45) is 5.73 Å². The maximum absolute atomic E-state index is 12.4. The molecule has 0 radical (unpaired) electrons. The summed E-state index contributed by atoms with van der Waals surface area (Å²) < 4.78 is 0. The SMILES string of the molecule is CC(C)(N)CN1CCN(C(=O)c2ccc([N+](=O)[O-])cc2)CC1. The van der Waals surface area contributed by atoms with Crippen LogP contribution in [0.2, 0.25) is 0 Å². The first-order valence-electron chi connectivity index (χ1n) is 7.31. The van der Waals surface area contributed by atoms with Crippen LogP contribution in [0.4, 0.5) is 5.69 Å². The third kappa shape index (κ3) is 4.25. The Hall–Kier alpha value is -1.99. The number of carbonyl (C=O) groups excluding carboxylic acids is 1. The van der Waals surface area contributed by atoms with Crippen molar-refractivity contribution in [3.05, 3.63) is 39.9 Å². The van der Waals surface area contributed by atoms with Gasteiger partial charge < -0.3 is 10.6 Å². The van der Waals surface area contributed by atoms with E-state index in [1.807, 2.05) is 13.8 Å². The van der Waals surface area contributed by atoms with E-state index in [1.54, 1.807) is 4.90 Å². The quantitative estimate of drug-likeness (QED) is 0.664. The number of nitrogens with two attached hydrogens (primary N) is 1. The van der Waals surface area contributed by atoms with E-state index in [9.17, 15) is 14.9 Å². The Kier molecular flexibility index (Phi) is 4.77. The highest BCUT2D eigenvalue weighted by Gasteiger charge is 2.25. The predicted octanol–water partition coefficient (Wildman–Crippen LogP) is 1.09.